The van der Waals surface area contributed by atoms with Gasteiger partial charge in [-0.2, -0.15) is 0 Å². The first kappa shape index (κ1) is 18.3. The molecule has 0 atom stereocenters. The number of amides is 1. The maximum atomic E-state index is 12.2. The van der Waals surface area contributed by atoms with Crippen molar-refractivity contribution in [3.8, 4) is 11.4 Å². The molecule has 0 radical (unpaired) electrons. The summed E-state index contributed by atoms with van der Waals surface area (Å²) in [7, 11) is 1.62. The number of aromatic nitrogens is 3. The number of carbonyl (C=O) groups is 1. The number of thioether (sulfide) groups is 1. The van der Waals surface area contributed by atoms with Gasteiger partial charge < -0.3 is 10.1 Å². The molecule has 3 rings (SSSR count). The molecule has 0 saturated carbocycles. The molecule has 0 spiro atoms. The fourth-order valence-corrected chi connectivity index (χ4v) is 3.31. The Bertz CT molecular complexity index is 912. The van der Waals surface area contributed by atoms with Gasteiger partial charge in [-0.15, -0.1) is 10.2 Å². The Kier molecular flexibility index (Phi) is 5.80. The number of anilines is 1. The van der Waals surface area contributed by atoms with E-state index in [1.54, 1.807) is 31.4 Å². The van der Waals surface area contributed by atoms with E-state index in [2.05, 4.69) is 15.5 Å². The zero-order chi connectivity index (χ0) is 18.5. The average Bonchev–Trinajstić information content (AvgIpc) is 3.02. The first-order valence-corrected chi connectivity index (χ1v) is 9.18. The third kappa shape index (κ3) is 4.17. The molecule has 0 aliphatic carbocycles. The third-order valence-electron chi connectivity index (χ3n) is 3.58. The molecule has 134 valence electrons. The quantitative estimate of drug-likeness (QED) is 0.647. The SMILES string of the molecule is COc1ccccc1-n1c(C)nnc1SCC(=O)Nc1ccc(Cl)cc1. The van der Waals surface area contributed by atoms with Crippen molar-refractivity contribution in [3.63, 3.8) is 0 Å². The number of rotatable bonds is 6. The first-order chi connectivity index (χ1) is 12.6. The van der Waals surface area contributed by atoms with E-state index in [0.29, 0.717) is 21.6 Å². The van der Waals surface area contributed by atoms with Crippen LogP contribution in [0.15, 0.2) is 53.7 Å². The molecular weight excluding hydrogens is 372 g/mol. The Balaban J connectivity index is 1.73. The highest BCUT2D eigenvalue weighted by Crippen LogP contribution is 2.28. The lowest BCUT2D eigenvalue weighted by Gasteiger charge is -2.12. The second-order valence-electron chi connectivity index (χ2n) is 5.38. The molecule has 0 unspecified atom stereocenters. The lowest BCUT2D eigenvalue weighted by atomic mass is 10.3. The number of nitrogens with zero attached hydrogens (tertiary/aromatic N) is 3. The summed E-state index contributed by atoms with van der Waals surface area (Å²) in [6.07, 6.45) is 0. The summed E-state index contributed by atoms with van der Waals surface area (Å²) in [6, 6.07) is 14.6. The first-order valence-electron chi connectivity index (χ1n) is 7.82. The minimum atomic E-state index is -0.135. The second kappa shape index (κ2) is 8.25. The predicted octanol–water partition coefficient (Wildman–Crippen LogP) is 3.97. The predicted molar refractivity (Wildman–Crippen MR) is 103 cm³/mol. The summed E-state index contributed by atoms with van der Waals surface area (Å²) in [6.45, 7) is 1.86. The van der Waals surface area contributed by atoms with Gasteiger partial charge >= 0.3 is 0 Å². The lowest BCUT2D eigenvalue weighted by Crippen LogP contribution is -2.14. The summed E-state index contributed by atoms with van der Waals surface area (Å²) in [5.41, 5.74) is 1.53. The van der Waals surface area contributed by atoms with Gasteiger partial charge in [-0.3, -0.25) is 9.36 Å². The molecule has 6 nitrogen and oxygen atoms in total. The molecule has 1 N–H and O–H groups in total. The number of hydrogen-bond donors (Lipinski definition) is 1. The largest absolute Gasteiger partial charge is 0.495 e. The zero-order valence-electron chi connectivity index (χ0n) is 14.3. The summed E-state index contributed by atoms with van der Waals surface area (Å²) < 4.78 is 7.29. The smallest absolute Gasteiger partial charge is 0.234 e. The monoisotopic (exact) mass is 388 g/mol. The normalized spacial score (nSPS) is 10.6. The lowest BCUT2D eigenvalue weighted by molar-refractivity contribution is -0.113. The zero-order valence-corrected chi connectivity index (χ0v) is 15.8. The van der Waals surface area contributed by atoms with Crippen LogP contribution in [-0.2, 0) is 4.79 Å². The van der Waals surface area contributed by atoms with Crippen LogP contribution < -0.4 is 10.1 Å². The minimum absolute atomic E-state index is 0.135. The van der Waals surface area contributed by atoms with Crippen molar-refractivity contribution in [2.75, 3.05) is 18.2 Å². The summed E-state index contributed by atoms with van der Waals surface area (Å²) >= 11 is 7.16. The van der Waals surface area contributed by atoms with E-state index < -0.39 is 0 Å². The van der Waals surface area contributed by atoms with E-state index in [-0.39, 0.29) is 11.7 Å². The van der Waals surface area contributed by atoms with E-state index in [1.807, 2.05) is 35.8 Å². The van der Waals surface area contributed by atoms with Crippen molar-refractivity contribution < 1.29 is 9.53 Å². The van der Waals surface area contributed by atoms with Crippen LogP contribution in [0.3, 0.4) is 0 Å². The highest BCUT2D eigenvalue weighted by molar-refractivity contribution is 7.99. The molecule has 0 aliphatic rings. The van der Waals surface area contributed by atoms with Gasteiger partial charge in [-0.25, -0.2) is 0 Å². The Morgan fingerprint density at radius 2 is 1.92 bits per heavy atom. The molecule has 0 aliphatic heterocycles. The van der Waals surface area contributed by atoms with Gasteiger partial charge in [0, 0.05) is 10.7 Å². The molecule has 26 heavy (non-hydrogen) atoms. The van der Waals surface area contributed by atoms with Gasteiger partial charge in [0.15, 0.2) is 5.16 Å². The fourth-order valence-electron chi connectivity index (χ4n) is 2.39. The van der Waals surface area contributed by atoms with Crippen LogP contribution in [-0.4, -0.2) is 33.5 Å². The van der Waals surface area contributed by atoms with E-state index in [4.69, 9.17) is 16.3 Å². The van der Waals surface area contributed by atoms with Crippen LogP contribution in [0.2, 0.25) is 5.02 Å². The Labute approximate surface area is 160 Å². The topological polar surface area (TPSA) is 69.0 Å². The van der Waals surface area contributed by atoms with Crippen LogP contribution in [0, 0.1) is 6.92 Å². The molecule has 3 aromatic rings. The second-order valence-corrected chi connectivity index (χ2v) is 6.76. The molecule has 2 aromatic carbocycles. The number of ether oxygens (including phenoxy) is 1. The van der Waals surface area contributed by atoms with Crippen LogP contribution in [0.5, 0.6) is 5.75 Å². The highest BCUT2D eigenvalue weighted by atomic mass is 35.5. The number of para-hydroxylation sites is 2. The van der Waals surface area contributed by atoms with Gasteiger partial charge in [-0.1, -0.05) is 35.5 Å². The van der Waals surface area contributed by atoms with Crippen molar-refractivity contribution in [1.82, 2.24) is 14.8 Å². The fraction of sp³-hybridized carbons (Fsp3) is 0.167. The molecule has 0 saturated heterocycles. The van der Waals surface area contributed by atoms with Crippen molar-refractivity contribution in [1.29, 1.82) is 0 Å². The molecule has 8 heteroatoms. The molecule has 1 aromatic heterocycles. The number of halogens is 1. The Morgan fingerprint density at radius 1 is 1.19 bits per heavy atom. The van der Waals surface area contributed by atoms with Gasteiger partial charge in [-0.05, 0) is 43.3 Å². The maximum Gasteiger partial charge on any atom is 0.234 e. The van der Waals surface area contributed by atoms with Crippen molar-refractivity contribution >= 4 is 35.0 Å². The van der Waals surface area contributed by atoms with Crippen molar-refractivity contribution in [2.45, 2.75) is 12.1 Å². The average molecular weight is 389 g/mol. The maximum absolute atomic E-state index is 12.2. The summed E-state index contributed by atoms with van der Waals surface area (Å²) in [5, 5.41) is 12.4. The van der Waals surface area contributed by atoms with Gasteiger partial charge in [0.2, 0.25) is 5.91 Å². The molecule has 1 amide bonds. The third-order valence-corrected chi connectivity index (χ3v) is 4.76. The standard InChI is InChI=1S/C18H17ClN4O2S/c1-12-21-22-18(23(12)15-5-3-4-6-16(15)25-2)26-11-17(24)20-14-9-7-13(19)8-10-14/h3-10H,11H2,1-2H3,(H,20,24). The van der Waals surface area contributed by atoms with Crippen LogP contribution >= 0.6 is 23.4 Å². The number of methoxy groups -OCH3 is 1. The molecular formula is C18H17ClN4O2S. The van der Waals surface area contributed by atoms with E-state index >= 15 is 0 Å². The van der Waals surface area contributed by atoms with Crippen LogP contribution in [0.1, 0.15) is 5.82 Å². The number of hydrogen-bond acceptors (Lipinski definition) is 5. The van der Waals surface area contributed by atoms with E-state index in [9.17, 15) is 4.79 Å². The Morgan fingerprint density at radius 3 is 2.65 bits per heavy atom. The summed E-state index contributed by atoms with van der Waals surface area (Å²) in [4.78, 5) is 12.2. The van der Waals surface area contributed by atoms with Crippen molar-refractivity contribution in [2.24, 2.45) is 0 Å². The van der Waals surface area contributed by atoms with Crippen LogP contribution in [0.4, 0.5) is 5.69 Å². The van der Waals surface area contributed by atoms with E-state index in [0.717, 1.165) is 11.5 Å². The van der Waals surface area contributed by atoms with E-state index in [1.165, 1.54) is 11.8 Å². The highest BCUT2D eigenvalue weighted by Gasteiger charge is 2.16. The summed E-state index contributed by atoms with van der Waals surface area (Å²) in [5.74, 6) is 1.50. The number of nitrogens with one attached hydrogen (secondary N) is 1. The number of carbonyl (C=O) groups excluding carboxylic acids is 1. The molecule has 1 heterocycles. The molecule has 0 bridgehead atoms. The van der Waals surface area contributed by atoms with Crippen molar-refractivity contribution in [3.05, 3.63) is 59.4 Å². The Hall–Kier alpha value is -2.51. The number of benzene rings is 2. The van der Waals surface area contributed by atoms with Crippen LogP contribution in [0.25, 0.3) is 5.69 Å². The van der Waals surface area contributed by atoms with Gasteiger partial charge in [0.25, 0.3) is 0 Å². The molecule has 0 fully saturated rings. The van der Waals surface area contributed by atoms with Gasteiger partial charge in [0.05, 0.1) is 18.6 Å². The number of aryl methyl sites for hydroxylation is 1. The minimum Gasteiger partial charge on any atom is -0.495 e. The van der Waals surface area contributed by atoms with Gasteiger partial charge in [0.1, 0.15) is 11.6 Å².